The van der Waals surface area contributed by atoms with E-state index in [9.17, 15) is 9.90 Å². The fourth-order valence-electron chi connectivity index (χ4n) is 6.43. The number of carbonyl (C=O) groups is 1. The first kappa shape index (κ1) is 22.6. The predicted molar refractivity (Wildman–Crippen MR) is 130 cm³/mol. The van der Waals surface area contributed by atoms with E-state index >= 15 is 0 Å². The molecule has 5 nitrogen and oxygen atoms in total. The second-order valence-electron chi connectivity index (χ2n) is 11.3. The molecule has 0 saturated heterocycles. The van der Waals surface area contributed by atoms with Gasteiger partial charge in [0.1, 0.15) is 5.75 Å². The summed E-state index contributed by atoms with van der Waals surface area (Å²) < 4.78 is 6.32. The van der Waals surface area contributed by atoms with Crippen molar-refractivity contribution in [2.75, 3.05) is 0 Å². The number of carboxylic acids is 1. The third-order valence-electron chi connectivity index (χ3n) is 9.03. The maximum absolute atomic E-state index is 11.7. The zero-order valence-electron chi connectivity index (χ0n) is 20.1. The highest BCUT2D eigenvalue weighted by Gasteiger charge is 2.52. The molecule has 2 N–H and O–H groups in total. The topological polar surface area (TPSA) is 71.5 Å². The van der Waals surface area contributed by atoms with Crippen molar-refractivity contribution in [1.29, 1.82) is 0 Å². The number of hydrogen-bond donors (Lipinski definition) is 2. The van der Waals surface area contributed by atoms with Crippen LogP contribution in [0.4, 0.5) is 0 Å². The van der Waals surface area contributed by atoms with Crippen LogP contribution in [0.3, 0.4) is 0 Å². The van der Waals surface area contributed by atoms with Crippen LogP contribution in [0.1, 0.15) is 83.7 Å². The van der Waals surface area contributed by atoms with E-state index in [-0.39, 0.29) is 5.54 Å². The molecule has 0 radical (unpaired) electrons. The second-order valence-corrected chi connectivity index (χ2v) is 11.3. The third kappa shape index (κ3) is 4.62. The number of aromatic nitrogens is 1. The molecule has 1 heterocycles. The van der Waals surface area contributed by atoms with Crippen LogP contribution in [0.15, 0.2) is 30.3 Å². The molecular formula is C28H38N2O3. The SMILES string of the molecule is CC(C)[C@H]1CC[C@H](Oc2ccc3nc(CNC45CCC(C(=O)O)(CC4)CC5)ccc3c2)CC1. The van der Waals surface area contributed by atoms with Crippen LogP contribution >= 0.6 is 0 Å². The lowest BCUT2D eigenvalue weighted by Crippen LogP contribution is -2.56. The van der Waals surface area contributed by atoms with Crippen LogP contribution in [-0.2, 0) is 11.3 Å². The van der Waals surface area contributed by atoms with E-state index in [0.29, 0.717) is 6.10 Å². The van der Waals surface area contributed by atoms with E-state index < -0.39 is 11.4 Å². The molecule has 33 heavy (non-hydrogen) atoms. The fourth-order valence-corrected chi connectivity index (χ4v) is 6.43. The molecule has 0 aliphatic heterocycles. The van der Waals surface area contributed by atoms with Gasteiger partial charge in [-0.1, -0.05) is 19.9 Å². The molecule has 4 aliphatic carbocycles. The molecule has 4 fully saturated rings. The van der Waals surface area contributed by atoms with Crippen molar-refractivity contribution in [3.63, 3.8) is 0 Å². The number of fused-ring (bicyclic) bond motifs is 4. The van der Waals surface area contributed by atoms with Crippen molar-refractivity contribution in [1.82, 2.24) is 10.3 Å². The average Bonchev–Trinajstić information content (AvgIpc) is 2.84. The molecule has 1 aromatic heterocycles. The second kappa shape index (κ2) is 8.90. The lowest BCUT2D eigenvalue weighted by molar-refractivity contribution is -0.156. The molecule has 0 spiro atoms. The molecule has 4 aliphatic rings. The van der Waals surface area contributed by atoms with Crippen LogP contribution in [0.25, 0.3) is 10.9 Å². The lowest BCUT2D eigenvalue weighted by atomic mass is 9.57. The molecule has 0 atom stereocenters. The standard InChI is InChI=1S/C28H38N2O3/c1-19(2)20-4-7-23(8-5-20)33-24-9-10-25-21(17-24)3-6-22(30-25)18-29-28-14-11-27(12-15-28,13-16-28)26(31)32/h3,6,9-10,17,19-20,23,29H,4-5,7-8,11-16,18H2,1-2H3,(H,31,32)/t20-,23-,27?,28?. The monoisotopic (exact) mass is 450 g/mol. The Labute approximate surface area is 197 Å². The van der Waals surface area contributed by atoms with E-state index in [0.717, 1.165) is 92.1 Å². The summed E-state index contributed by atoms with van der Waals surface area (Å²) in [7, 11) is 0. The van der Waals surface area contributed by atoms with Crippen LogP contribution in [0, 0.1) is 17.3 Å². The normalized spacial score (nSPS) is 31.7. The molecule has 178 valence electrons. The Morgan fingerprint density at radius 1 is 1.06 bits per heavy atom. The Morgan fingerprint density at radius 2 is 1.76 bits per heavy atom. The molecule has 4 saturated carbocycles. The zero-order valence-corrected chi connectivity index (χ0v) is 20.1. The van der Waals surface area contributed by atoms with Crippen LogP contribution in [-0.4, -0.2) is 27.7 Å². The molecular weight excluding hydrogens is 412 g/mol. The summed E-state index contributed by atoms with van der Waals surface area (Å²) in [5.41, 5.74) is 1.66. The maximum atomic E-state index is 11.7. The van der Waals surface area contributed by atoms with Gasteiger partial charge in [0.15, 0.2) is 0 Å². The van der Waals surface area contributed by atoms with Crippen LogP contribution < -0.4 is 10.1 Å². The Bertz CT molecular complexity index is 985. The minimum Gasteiger partial charge on any atom is -0.490 e. The number of nitrogens with zero attached hydrogens (tertiary/aromatic N) is 1. The Morgan fingerprint density at radius 3 is 2.39 bits per heavy atom. The van der Waals surface area contributed by atoms with Crippen molar-refractivity contribution in [2.45, 2.75) is 96.2 Å². The summed E-state index contributed by atoms with van der Waals surface area (Å²) in [6.45, 7) is 5.40. The number of carboxylic acid groups (broad SMARTS) is 1. The quantitative estimate of drug-likeness (QED) is 0.534. The summed E-state index contributed by atoms with van der Waals surface area (Å²) in [6, 6.07) is 10.5. The maximum Gasteiger partial charge on any atom is 0.309 e. The predicted octanol–water partition coefficient (Wildman–Crippen LogP) is 6.10. The van der Waals surface area contributed by atoms with Gasteiger partial charge in [-0.2, -0.15) is 0 Å². The minimum atomic E-state index is -0.599. The zero-order chi connectivity index (χ0) is 23.1. The van der Waals surface area contributed by atoms with Gasteiger partial charge in [-0.25, -0.2) is 0 Å². The van der Waals surface area contributed by atoms with Gasteiger partial charge >= 0.3 is 5.97 Å². The van der Waals surface area contributed by atoms with E-state index in [1.807, 2.05) is 0 Å². The van der Waals surface area contributed by atoms with Crippen LogP contribution in [0.5, 0.6) is 5.75 Å². The number of benzene rings is 1. The molecule has 1 aromatic carbocycles. The van der Waals surface area contributed by atoms with Crippen LogP contribution in [0.2, 0.25) is 0 Å². The molecule has 0 amide bonds. The summed E-state index contributed by atoms with van der Waals surface area (Å²) in [4.78, 5) is 16.6. The van der Waals surface area contributed by atoms with Gasteiger partial charge < -0.3 is 15.2 Å². The Hall–Kier alpha value is -2.14. The lowest BCUT2D eigenvalue weighted by Gasteiger charge is -2.51. The largest absolute Gasteiger partial charge is 0.490 e. The summed E-state index contributed by atoms with van der Waals surface area (Å²) >= 11 is 0. The highest BCUT2D eigenvalue weighted by Crippen LogP contribution is 2.52. The molecule has 6 rings (SSSR count). The number of rotatable bonds is 7. The molecule has 2 bridgehead atoms. The van der Waals surface area contributed by atoms with Crippen molar-refractivity contribution in [3.05, 3.63) is 36.0 Å². The van der Waals surface area contributed by atoms with Gasteiger partial charge in [0, 0.05) is 17.5 Å². The fraction of sp³-hybridized carbons (Fsp3) is 0.643. The van der Waals surface area contributed by atoms with Crippen molar-refractivity contribution in [3.8, 4) is 5.75 Å². The first-order valence-corrected chi connectivity index (χ1v) is 12.9. The van der Waals surface area contributed by atoms with E-state index in [1.54, 1.807) is 0 Å². The Kier molecular flexibility index (Phi) is 6.11. The summed E-state index contributed by atoms with van der Waals surface area (Å²) in [6.07, 6.45) is 10.4. The summed E-state index contributed by atoms with van der Waals surface area (Å²) in [5.74, 6) is 1.97. The van der Waals surface area contributed by atoms with Gasteiger partial charge in [-0.3, -0.25) is 9.78 Å². The third-order valence-corrected chi connectivity index (χ3v) is 9.03. The van der Waals surface area contributed by atoms with E-state index in [1.165, 1.54) is 12.8 Å². The van der Waals surface area contributed by atoms with E-state index in [4.69, 9.17) is 9.72 Å². The van der Waals surface area contributed by atoms with Gasteiger partial charge in [0.25, 0.3) is 0 Å². The highest BCUT2D eigenvalue weighted by atomic mass is 16.5. The first-order valence-electron chi connectivity index (χ1n) is 12.9. The van der Waals surface area contributed by atoms with Gasteiger partial charge in [0.2, 0.25) is 0 Å². The van der Waals surface area contributed by atoms with Gasteiger partial charge in [-0.05, 0) is 100 Å². The number of ether oxygens (including phenoxy) is 1. The smallest absolute Gasteiger partial charge is 0.309 e. The van der Waals surface area contributed by atoms with E-state index in [2.05, 4.69) is 49.5 Å². The highest BCUT2D eigenvalue weighted by molar-refractivity contribution is 5.80. The average molecular weight is 451 g/mol. The molecule has 0 unspecified atom stereocenters. The van der Waals surface area contributed by atoms with Crippen molar-refractivity contribution >= 4 is 16.9 Å². The Balaban J connectivity index is 1.18. The number of hydrogen-bond acceptors (Lipinski definition) is 4. The molecule has 2 aromatic rings. The number of pyridine rings is 1. The van der Waals surface area contributed by atoms with Crippen molar-refractivity contribution < 1.29 is 14.6 Å². The number of aliphatic carboxylic acids is 1. The van der Waals surface area contributed by atoms with Gasteiger partial charge in [-0.15, -0.1) is 0 Å². The minimum absolute atomic E-state index is 0.0834. The first-order chi connectivity index (χ1) is 15.9. The van der Waals surface area contributed by atoms with Crippen molar-refractivity contribution in [2.24, 2.45) is 17.3 Å². The number of nitrogens with one attached hydrogen (secondary N) is 1. The van der Waals surface area contributed by atoms with Gasteiger partial charge in [0.05, 0.1) is 22.7 Å². The summed E-state index contributed by atoms with van der Waals surface area (Å²) in [5, 5.41) is 14.5. The molecule has 5 heteroatoms.